The van der Waals surface area contributed by atoms with Crippen molar-refractivity contribution in [2.75, 3.05) is 30.3 Å². The quantitative estimate of drug-likeness (QED) is 0.312. The van der Waals surface area contributed by atoms with E-state index in [4.69, 9.17) is 0 Å². The molecule has 2 aromatic heterocycles. The third-order valence-corrected chi connectivity index (χ3v) is 6.81. The maximum atomic E-state index is 13.0. The van der Waals surface area contributed by atoms with Gasteiger partial charge in [0, 0.05) is 47.6 Å². The number of hydrogen-bond donors (Lipinski definition) is 2. The van der Waals surface area contributed by atoms with Crippen molar-refractivity contribution in [3.8, 4) is 11.3 Å². The fourth-order valence-electron chi connectivity index (χ4n) is 4.78. The van der Waals surface area contributed by atoms with Gasteiger partial charge in [-0.05, 0) is 92.4 Å². The molecule has 1 unspecified atom stereocenters. The van der Waals surface area contributed by atoms with E-state index in [1.165, 1.54) is 31.5 Å². The maximum Gasteiger partial charge on any atom is 0.255 e. The van der Waals surface area contributed by atoms with Gasteiger partial charge in [0.05, 0.1) is 5.69 Å². The first-order valence-electron chi connectivity index (χ1n) is 12.8. The number of aromatic nitrogens is 3. The van der Waals surface area contributed by atoms with Crippen molar-refractivity contribution in [3.63, 3.8) is 0 Å². The third-order valence-electron chi connectivity index (χ3n) is 6.81. The fraction of sp³-hybridized carbons (Fsp3) is 0.267. The number of amides is 1. The Morgan fingerprint density at radius 3 is 2.73 bits per heavy atom. The van der Waals surface area contributed by atoms with E-state index in [9.17, 15) is 4.79 Å². The molecule has 188 valence electrons. The minimum Gasteiger partial charge on any atom is -0.324 e. The lowest BCUT2D eigenvalue weighted by Crippen LogP contribution is -2.20. The van der Waals surface area contributed by atoms with Crippen LogP contribution in [-0.4, -0.2) is 45.4 Å². The van der Waals surface area contributed by atoms with Crippen molar-refractivity contribution >= 4 is 23.2 Å². The van der Waals surface area contributed by atoms with Crippen molar-refractivity contribution in [2.45, 2.75) is 32.6 Å². The number of rotatable bonds is 8. The molecule has 7 nitrogen and oxygen atoms in total. The van der Waals surface area contributed by atoms with Crippen molar-refractivity contribution in [2.24, 2.45) is 0 Å². The highest BCUT2D eigenvalue weighted by Crippen LogP contribution is 2.28. The summed E-state index contributed by atoms with van der Waals surface area (Å²) in [6, 6.07) is 19.6. The van der Waals surface area contributed by atoms with E-state index in [1.54, 1.807) is 18.6 Å². The van der Waals surface area contributed by atoms with Gasteiger partial charge < -0.3 is 15.5 Å². The highest BCUT2D eigenvalue weighted by Gasteiger charge is 2.23. The first-order chi connectivity index (χ1) is 18.1. The molecule has 1 fully saturated rings. The molecule has 1 amide bonds. The van der Waals surface area contributed by atoms with Crippen LogP contribution in [0.25, 0.3) is 11.3 Å². The fourth-order valence-corrected chi connectivity index (χ4v) is 4.78. The molecule has 0 spiro atoms. The summed E-state index contributed by atoms with van der Waals surface area (Å²) in [6.07, 6.45) is 7.59. The van der Waals surface area contributed by atoms with Gasteiger partial charge in [-0.2, -0.15) is 0 Å². The number of anilines is 3. The summed E-state index contributed by atoms with van der Waals surface area (Å²) in [5.74, 6) is 0.874. The number of nitrogens with zero attached hydrogens (tertiary/aromatic N) is 4. The van der Waals surface area contributed by atoms with Crippen LogP contribution in [0, 0.1) is 6.92 Å². The van der Waals surface area contributed by atoms with Crippen molar-refractivity contribution in [1.29, 1.82) is 0 Å². The highest BCUT2D eigenvalue weighted by molar-refractivity contribution is 6.05. The van der Waals surface area contributed by atoms with Gasteiger partial charge in [-0.3, -0.25) is 9.78 Å². The summed E-state index contributed by atoms with van der Waals surface area (Å²) in [4.78, 5) is 28.7. The van der Waals surface area contributed by atoms with Gasteiger partial charge in [-0.25, -0.2) is 9.97 Å². The largest absolute Gasteiger partial charge is 0.324 e. The van der Waals surface area contributed by atoms with Crippen LogP contribution in [-0.2, 0) is 0 Å². The summed E-state index contributed by atoms with van der Waals surface area (Å²) < 4.78 is 0. The van der Waals surface area contributed by atoms with E-state index >= 15 is 0 Å². The van der Waals surface area contributed by atoms with Crippen LogP contribution in [0.4, 0.5) is 17.3 Å². The molecule has 0 aliphatic carbocycles. The second-order valence-corrected chi connectivity index (χ2v) is 9.52. The molecule has 0 bridgehead atoms. The molecule has 37 heavy (non-hydrogen) atoms. The summed E-state index contributed by atoms with van der Waals surface area (Å²) in [5, 5.41) is 6.30. The first-order valence-corrected chi connectivity index (χ1v) is 12.8. The Morgan fingerprint density at radius 2 is 1.95 bits per heavy atom. The lowest BCUT2D eigenvalue weighted by atomic mass is 9.98. The highest BCUT2D eigenvalue weighted by atomic mass is 16.1. The van der Waals surface area contributed by atoms with E-state index in [2.05, 4.69) is 49.5 Å². The second-order valence-electron chi connectivity index (χ2n) is 9.52. The Labute approximate surface area is 218 Å². The molecule has 1 aliphatic rings. The molecular weight excluding hydrogens is 460 g/mol. The average molecular weight is 493 g/mol. The van der Waals surface area contributed by atoms with E-state index in [0.29, 0.717) is 17.4 Å². The molecule has 5 rings (SSSR count). The van der Waals surface area contributed by atoms with Crippen molar-refractivity contribution in [1.82, 2.24) is 19.9 Å². The monoisotopic (exact) mass is 492 g/mol. The number of hydrogen-bond acceptors (Lipinski definition) is 6. The van der Waals surface area contributed by atoms with E-state index in [0.717, 1.165) is 34.7 Å². The number of benzene rings is 2. The molecule has 1 atom stereocenters. The Kier molecular flexibility index (Phi) is 7.51. The molecule has 1 saturated heterocycles. The lowest BCUT2D eigenvalue weighted by Gasteiger charge is -2.15. The van der Waals surface area contributed by atoms with Gasteiger partial charge in [0.25, 0.3) is 5.91 Å². The van der Waals surface area contributed by atoms with E-state index in [-0.39, 0.29) is 5.91 Å². The van der Waals surface area contributed by atoms with Crippen LogP contribution in [0.5, 0.6) is 0 Å². The van der Waals surface area contributed by atoms with E-state index < -0.39 is 0 Å². The minimum absolute atomic E-state index is 0.157. The van der Waals surface area contributed by atoms with Crippen LogP contribution < -0.4 is 10.6 Å². The van der Waals surface area contributed by atoms with Gasteiger partial charge >= 0.3 is 0 Å². The maximum absolute atomic E-state index is 13.0. The standard InChI is InChI=1S/C30H32N6O/c1-3-16-36-17-13-25(20-36)22-8-10-26(11-9-22)33-29(37)23-7-6-21(2)28(18-23)35-30-32-15-12-27(34-30)24-5-4-14-31-19-24/h4-12,14-15,18-19,25H,3,13,16-17,20H2,1-2H3,(H,33,37)(H,32,34,35). The molecule has 7 heteroatoms. The van der Waals surface area contributed by atoms with Crippen molar-refractivity contribution < 1.29 is 4.79 Å². The van der Waals surface area contributed by atoms with Gasteiger partial charge in [-0.1, -0.05) is 25.1 Å². The molecule has 2 aromatic carbocycles. The minimum atomic E-state index is -0.157. The van der Waals surface area contributed by atoms with Gasteiger partial charge in [-0.15, -0.1) is 0 Å². The number of nitrogens with one attached hydrogen (secondary N) is 2. The van der Waals surface area contributed by atoms with Crippen LogP contribution in [0.15, 0.2) is 79.3 Å². The number of pyridine rings is 1. The normalized spacial score (nSPS) is 15.5. The number of aryl methyl sites for hydroxylation is 1. The summed E-state index contributed by atoms with van der Waals surface area (Å²) in [5.41, 5.74) is 6.15. The average Bonchev–Trinajstić information content (AvgIpc) is 3.40. The zero-order chi connectivity index (χ0) is 25.6. The topological polar surface area (TPSA) is 83.0 Å². The zero-order valence-corrected chi connectivity index (χ0v) is 21.3. The van der Waals surface area contributed by atoms with Gasteiger partial charge in [0.15, 0.2) is 0 Å². The van der Waals surface area contributed by atoms with Crippen LogP contribution in [0.1, 0.15) is 47.2 Å². The predicted octanol–water partition coefficient (Wildman–Crippen LogP) is 6.04. The molecule has 1 aliphatic heterocycles. The molecule has 0 saturated carbocycles. The van der Waals surface area contributed by atoms with Crippen LogP contribution in [0.2, 0.25) is 0 Å². The molecule has 0 radical (unpaired) electrons. The summed E-state index contributed by atoms with van der Waals surface area (Å²) >= 11 is 0. The van der Waals surface area contributed by atoms with E-state index in [1.807, 2.05) is 55.5 Å². The number of carbonyl (C=O) groups excluding carboxylic acids is 1. The molecule has 4 aromatic rings. The zero-order valence-electron chi connectivity index (χ0n) is 21.3. The van der Waals surface area contributed by atoms with Crippen LogP contribution >= 0.6 is 0 Å². The summed E-state index contributed by atoms with van der Waals surface area (Å²) in [7, 11) is 0. The van der Waals surface area contributed by atoms with Crippen LogP contribution in [0.3, 0.4) is 0 Å². The first kappa shape index (κ1) is 24.6. The SMILES string of the molecule is CCCN1CCC(c2ccc(NC(=O)c3ccc(C)c(Nc4nccc(-c5cccnc5)n4)c3)cc2)C1. The van der Waals surface area contributed by atoms with Crippen molar-refractivity contribution in [3.05, 3.63) is 95.9 Å². The Morgan fingerprint density at radius 1 is 1.08 bits per heavy atom. The third kappa shape index (κ3) is 6.01. The number of carbonyl (C=O) groups is 1. The number of likely N-dealkylation sites (tertiary alicyclic amines) is 1. The lowest BCUT2D eigenvalue weighted by molar-refractivity contribution is 0.102. The predicted molar refractivity (Wildman–Crippen MR) is 148 cm³/mol. The Hall–Kier alpha value is -4.10. The Balaban J connectivity index is 1.26. The molecule has 2 N–H and O–H groups in total. The van der Waals surface area contributed by atoms with Gasteiger partial charge in [0.1, 0.15) is 0 Å². The molecule has 3 heterocycles. The van der Waals surface area contributed by atoms with Gasteiger partial charge in [0.2, 0.25) is 5.95 Å². The summed E-state index contributed by atoms with van der Waals surface area (Å²) in [6.45, 7) is 7.67. The Bertz CT molecular complexity index is 1360. The second kappa shape index (κ2) is 11.3. The smallest absolute Gasteiger partial charge is 0.255 e. The molecular formula is C30H32N6O.